The van der Waals surface area contributed by atoms with E-state index in [2.05, 4.69) is 4.99 Å². The molecule has 1 aliphatic rings. The molecule has 26 heavy (non-hydrogen) atoms. The van der Waals surface area contributed by atoms with Crippen molar-refractivity contribution in [2.75, 3.05) is 4.90 Å². The summed E-state index contributed by atoms with van der Waals surface area (Å²) in [5.74, 6) is 1.07. The zero-order valence-electron chi connectivity index (χ0n) is 14.6. The lowest BCUT2D eigenvalue weighted by atomic mass is 10.1. The molecule has 0 spiro atoms. The number of amides is 1. The van der Waals surface area contributed by atoms with Crippen molar-refractivity contribution in [3.63, 3.8) is 0 Å². The summed E-state index contributed by atoms with van der Waals surface area (Å²) in [5, 5.41) is 0. The van der Waals surface area contributed by atoms with Crippen LogP contribution in [0.5, 0.6) is 0 Å². The fraction of sp³-hybridized carbons (Fsp3) is 0.0909. The lowest BCUT2D eigenvalue weighted by molar-refractivity contribution is -0.113. The Hall–Kier alpha value is -3.40. The fourth-order valence-electron chi connectivity index (χ4n) is 3.01. The second-order valence-corrected chi connectivity index (χ2v) is 6.33. The van der Waals surface area contributed by atoms with Crippen molar-refractivity contribution in [1.82, 2.24) is 0 Å². The van der Waals surface area contributed by atoms with E-state index < -0.39 is 0 Å². The third-order valence-electron chi connectivity index (χ3n) is 4.22. The van der Waals surface area contributed by atoms with Gasteiger partial charge in [-0.25, -0.2) is 4.99 Å². The molecule has 0 fully saturated rings. The molecule has 3 aromatic rings. The van der Waals surface area contributed by atoms with Gasteiger partial charge < -0.3 is 4.42 Å². The van der Waals surface area contributed by atoms with Gasteiger partial charge in [-0.1, -0.05) is 35.9 Å². The number of benzene rings is 2. The van der Waals surface area contributed by atoms with Gasteiger partial charge in [-0.15, -0.1) is 0 Å². The topological polar surface area (TPSA) is 45.8 Å². The summed E-state index contributed by atoms with van der Waals surface area (Å²) in [6.45, 7) is 4.03. The summed E-state index contributed by atoms with van der Waals surface area (Å²) in [6.07, 6.45) is 3.25. The van der Waals surface area contributed by atoms with Crippen LogP contribution in [0.4, 0.5) is 5.69 Å². The van der Waals surface area contributed by atoms with E-state index in [9.17, 15) is 4.79 Å². The Morgan fingerprint density at radius 3 is 2.42 bits per heavy atom. The lowest BCUT2D eigenvalue weighted by Crippen LogP contribution is -2.32. The molecule has 1 amide bonds. The van der Waals surface area contributed by atoms with Crippen LogP contribution in [-0.4, -0.2) is 11.7 Å². The summed E-state index contributed by atoms with van der Waals surface area (Å²) in [4.78, 5) is 19.4. The average Bonchev–Trinajstić information content (AvgIpc) is 3.24. The highest BCUT2D eigenvalue weighted by molar-refractivity contribution is 6.33. The summed E-state index contributed by atoms with van der Waals surface area (Å²) in [5.41, 5.74) is 4.27. The van der Waals surface area contributed by atoms with Crippen molar-refractivity contribution < 1.29 is 9.21 Å². The Bertz CT molecular complexity index is 1030. The predicted octanol–water partition coefficient (Wildman–Crippen LogP) is 4.73. The average molecular weight is 342 g/mol. The van der Waals surface area contributed by atoms with Crippen LogP contribution >= 0.6 is 0 Å². The number of carbonyl (C=O) groups excluding carboxylic acids is 1. The predicted molar refractivity (Wildman–Crippen MR) is 103 cm³/mol. The summed E-state index contributed by atoms with van der Waals surface area (Å²) in [7, 11) is 0. The van der Waals surface area contributed by atoms with E-state index in [-0.39, 0.29) is 5.91 Å². The van der Waals surface area contributed by atoms with Crippen LogP contribution in [0.3, 0.4) is 0 Å². The SMILES string of the molecule is Cc1cccc(C2=N/C(=C/c3ccco3)C(=O)N2c2cccc(C)c2)c1. The van der Waals surface area contributed by atoms with Gasteiger partial charge in [0.15, 0.2) is 0 Å². The molecule has 0 saturated heterocycles. The quantitative estimate of drug-likeness (QED) is 0.646. The maximum atomic E-state index is 13.1. The molecule has 0 atom stereocenters. The molecular formula is C22H18N2O2. The number of aryl methyl sites for hydroxylation is 2. The number of aliphatic imine (C=N–C) groups is 1. The maximum Gasteiger partial charge on any atom is 0.282 e. The second-order valence-electron chi connectivity index (χ2n) is 6.33. The van der Waals surface area contributed by atoms with Gasteiger partial charge in [0.1, 0.15) is 17.3 Å². The molecule has 128 valence electrons. The minimum atomic E-state index is -0.163. The number of carbonyl (C=O) groups is 1. The van der Waals surface area contributed by atoms with E-state index >= 15 is 0 Å². The zero-order valence-corrected chi connectivity index (χ0v) is 14.6. The highest BCUT2D eigenvalue weighted by atomic mass is 16.3. The van der Waals surface area contributed by atoms with Gasteiger partial charge in [0.25, 0.3) is 5.91 Å². The van der Waals surface area contributed by atoms with Crippen LogP contribution in [-0.2, 0) is 4.79 Å². The van der Waals surface area contributed by atoms with E-state index in [1.165, 1.54) is 0 Å². The molecule has 0 N–H and O–H groups in total. The number of hydrogen-bond acceptors (Lipinski definition) is 3. The number of hydrogen-bond donors (Lipinski definition) is 0. The van der Waals surface area contributed by atoms with Crippen LogP contribution in [0.2, 0.25) is 0 Å². The summed E-state index contributed by atoms with van der Waals surface area (Å²) < 4.78 is 5.35. The first-order valence-corrected chi connectivity index (χ1v) is 8.44. The van der Waals surface area contributed by atoms with E-state index in [4.69, 9.17) is 4.42 Å². The van der Waals surface area contributed by atoms with Crippen molar-refractivity contribution in [2.24, 2.45) is 4.99 Å². The number of rotatable bonds is 3. The molecule has 0 unspecified atom stereocenters. The third-order valence-corrected chi connectivity index (χ3v) is 4.22. The van der Waals surface area contributed by atoms with Gasteiger partial charge in [-0.3, -0.25) is 9.69 Å². The zero-order chi connectivity index (χ0) is 18.1. The molecule has 0 aliphatic carbocycles. The molecule has 4 nitrogen and oxygen atoms in total. The Morgan fingerprint density at radius 2 is 1.73 bits per heavy atom. The van der Waals surface area contributed by atoms with Crippen molar-refractivity contribution in [3.05, 3.63) is 95.1 Å². The Balaban J connectivity index is 1.85. The van der Waals surface area contributed by atoms with Crippen molar-refractivity contribution in [2.45, 2.75) is 13.8 Å². The maximum absolute atomic E-state index is 13.1. The van der Waals surface area contributed by atoms with Crippen molar-refractivity contribution in [1.29, 1.82) is 0 Å². The normalized spacial score (nSPS) is 15.6. The van der Waals surface area contributed by atoms with E-state index in [0.29, 0.717) is 17.3 Å². The monoisotopic (exact) mass is 342 g/mol. The van der Waals surface area contributed by atoms with Gasteiger partial charge in [0.2, 0.25) is 0 Å². The Kier molecular flexibility index (Phi) is 4.01. The molecule has 1 aliphatic heterocycles. The molecule has 4 heteroatoms. The lowest BCUT2D eigenvalue weighted by Gasteiger charge is -2.19. The molecule has 2 aromatic carbocycles. The molecule has 0 saturated carbocycles. The van der Waals surface area contributed by atoms with E-state index in [1.54, 1.807) is 29.4 Å². The Labute approximate surface area is 152 Å². The first-order chi connectivity index (χ1) is 12.6. The highest BCUT2D eigenvalue weighted by Gasteiger charge is 2.32. The minimum absolute atomic E-state index is 0.163. The molecule has 2 heterocycles. The first-order valence-electron chi connectivity index (χ1n) is 8.44. The van der Waals surface area contributed by atoms with Crippen molar-refractivity contribution >= 4 is 23.5 Å². The van der Waals surface area contributed by atoms with Crippen LogP contribution in [0, 0.1) is 13.8 Å². The van der Waals surface area contributed by atoms with Crippen LogP contribution in [0.1, 0.15) is 22.5 Å². The number of amidine groups is 1. The van der Waals surface area contributed by atoms with Gasteiger partial charge in [-0.05, 0) is 49.7 Å². The van der Waals surface area contributed by atoms with Crippen LogP contribution < -0.4 is 4.90 Å². The second kappa shape index (κ2) is 6.48. The van der Waals surface area contributed by atoms with Gasteiger partial charge in [-0.2, -0.15) is 0 Å². The molecule has 1 aromatic heterocycles. The minimum Gasteiger partial charge on any atom is -0.465 e. The van der Waals surface area contributed by atoms with Gasteiger partial charge >= 0.3 is 0 Å². The van der Waals surface area contributed by atoms with Crippen molar-refractivity contribution in [3.8, 4) is 0 Å². The molecule has 0 bridgehead atoms. The fourth-order valence-corrected chi connectivity index (χ4v) is 3.01. The third kappa shape index (κ3) is 2.97. The van der Waals surface area contributed by atoms with E-state index in [0.717, 1.165) is 22.4 Å². The van der Waals surface area contributed by atoms with E-state index in [1.807, 2.05) is 62.4 Å². The standard InChI is InChI=1S/C22H18N2O2/c1-15-6-3-8-17(12-15)21-23-20(14-19-10-5-11-26-19)22(25)24(21)18-9-4-7-16(2)13-18/h3-14H,1-2H3/b20-14+. The molecular weight excluding hydrogens is 324 g/mol. The number of nitrogens with zero attached hydrogens (tertiary/aromatic N) is 2. The number of anilines is 1. The summed E-state index contributed by atoms with van der Waals surface area (Å²) in [6, 6.07) is 19.4. The molecule has 4 rings (SSSR count). The molecule has 0 radical (unpaired) electrons. The summed E-state index contributed by atoms with van der Waals surface area (Å²) >= 11 is 0. The largest absolute Gasteiger partial charge is 0.465 e. The number of furan rings is 1. The first kappa shape index (κ1) is 16.1. The van der Waals surface area contributed by atoms with Gasteiger partial charge in [0.05, 0.1) is 12.0 Å². The smallest absolute Gasteiger partial charge is 0.282 e. The van der Waals surface area contributed by atoms with Gasteiger partial charge in [0, 0.05) is 11.6 Å². The highest BCUT2D eigenvalue weighted by Crippen LogP contribution is 2.28. The Morgan fingerprint density at radius 1 is 0.962 bits per heavy atom. The van der Waals surface area contributed by atoms with Crippen LogP contribution in [0.15, 0.2) is 82.0 Å². The van der Waals surface area contributed by atoms with Crippen LogP contribution in [0.25, 0.3) is 6.08 Å².